The third kappa shape index (κ3) is 3.35. The van der Waals surface area contributed by atoms with Crippen LogP contribution in [0, 0.1) is 0 Å². The van der Waals surface area contributed by atoms with Crippen LogP contribution in [0.4, 0.5) is 5.69 Å². The molecule has 0 fully saturated rings. The topological polar surface area (TPSA) is 52.3 Å². The Kier molecular flexibility index (Phi) is 4.35. The molecule has 0 aromatic heterocycles. The second kappa shape index (κ2) is 5.32. The SMILES string of the molecule is COC(=O)C=Cc1cc(Br)cc(Br)c1N. The van der Waals surface area contributed by atoms with E-state index in [1.807, 2.05) is 12.1 Å². The van der Waals surface area contributed by atoms with Crippen LogP contribution in [-0.4, -0.2) is 13.1 Å². The van der Waals surface area contributed by atoms with Crippen LogP contribution in [0.15, 0.2) is 27.2 Å². The zero-order chi connectivity index (χ0) is 11.4. The summed E-state index contributed by atoms with van der Waals surface area (Å²) in [6, 6.07) is 3.66. The van der Waals surface area contributed by atoms with E-state index in [0.717, 1.165) is 14.5 Å². The summed E-state index contributed by atoms with van der Waals surface area (Å²) in [5.74, 6) is -0.412. The molecule has 2 N–H and O–H groups in total. The number of nitrogen functional groups attached to an aromatic ring is 1. The molecule has 0 radical (unpaired) electrons. The third-order valence-corrected chi connectivity index (χ3v) is 2.84. The summed E-state index contributed by atoms with van der Waals surface area (Å²) in [5.41, 5.74) is 7.14. The molecule has 0 aliphatic rings. The summed E-state index contributed by atoms with van der Waals surface area (Å²) in [4.78, 5) is 10.9. The smallest absolute Gasteiger partial charge is 0.330 e. The summed E-state index contributed by atoms with van der Waals surface area (Å²) in [7, 11) is 1.33. The number of halogens is 2. The Balaban J connectivity index is 3.04. The molecular weight excluding hydrogens is 326 g/mol. The number of esters is 1. The van der Waals surface area contributed by atoms with Gasteiger partial charge in [-0.2, -0.15) is 0 Å². The minimum absolute atomic E-state index is 0.412. The minimum Gasteiger partial charge on any atom is -0.466 e. The van der Waals surface area contributed by atoms with E-state index in [2.05, 4.69) is 36.6 Å². The largest absolute Gasteiger partial charge is 0.466 e. The van der Waals surface area contributed by atoms with E-state index >= 15 is 0 Å². The maximum absolute atomic E-state index is 10.9. The number of benzene rings is 1. The van der Waals surface area contributed by atoms with Gasteiger partial charge in [-0.15, -0.1) is 0 Å². The molecule has 0 aliphatic carbocycles. The third-order valence-electron chi connectivity index (χ3n) is 1.73. The van der Waals surface area contributed by atoms with Gasteiger partial charge < -0.3 is 10.5 Å². The molecule has 80 valence electrons. The fraction of sp³-hybridized carbons (Fsp3) is 0.100. The lowest BCUT2D eigenvalue weighted by Gasteiger charge is -2.04. The maximum atomic E-state index is 10.9. The minimum atomic E-state index is -0.412. The van der Waals surface area contributed by atoms with Gasteiger partial charge in [0.15, 0.2) is 0 Å². The average Bonchev–Trinajstić information content (AvgIpc) is 2.20. The Bertz CT molecular complexity index is 416. The number of hydrogen-bond acceptors (Lipinski definition) is 3. The molecule has 0 atom stereocenters. The Morgan fingerprint density at radius 2 is 2.13 bits per heavy atom. The van der Waals surface area contributed by atoms with Crippen LogP contribution >= 0.6 is 31.9 Å². The van der Waals surface area contributed by atoms with Crippen LogP contribution in [0.3, 0.4) is 0 Å². The number of carbonyl (C=O) groups is 1. The zero-order valence-electron chi connectivity index (χ0n) is 7.96. The molecule has 0 saturated heterocycles. The van der Waals surface area contributed by atoms with Crippen LogP contribution in [0.25, 0.3) is 6.08 Å². The fourth-order valence-electron chi connectivity index (χ4n) is 0.968. The Morgan fingerprint density at radius 1 is 1.47 bits per heavy atom. The highest BCUT2D eigenvalue weighted by Crippen LogP contribution is 2.28. The number of nitrogens with two attached hydrogens (primary N) is 1. The van der Waals surface area contributed by atoms with Crippen molar-refractivity contribution in [1.82, 2.24) is 0 Å². The van der Waals surface area contributed by atoms with Gasteiger partial charge in [-0.3, -0.25) is 0 Å². The molecule has 0 saturated carbocycles. The number of ether oxygens (including phenoxy) is 1. The molecule has 0 heterocycles. The van der Waals surface area contributed by atoms with Crippen LogP contribution in [0.1, 0.15) is 5.56 Å². The van der Waals surface area contributed by atoms with E-state index in [0.29, 0.717) is 5.69 Å². The fourth-order valence-corrected chi connectivity index (χ4v) is 2.23. The van der Waals surface area contributed by atoms with Gasteiger partial charge >= 0.3 is 5.97 Å². The summed E-state index contributed by atoms with van der Waals surface area (Å²) in [6.45, 7) is 0. The van der Waals surface area contributed by atoms with Gasteiger partial charge in [0.25, 0.3) is 0 Å². The number of methoxy groups -OCH3 is 1. The van der Waals surface area contributed by atoms with Gasteiger partial charge in [0.1, 0.15) is 0 Å². The van der Waals surface area contributed by atoms with Crippen molar-refractivity contribution in [3.05, 3.63) is 32.7 Å². The number of anilines is 1. The standard InChI is InChI=1S/C10H9Br2NO2/c1-15-9(14)3-2-6-4-7(11)5-8(12)10(6)13/h2-5H,13H2,1H3. The van der Waals surface area contributed by atoms with E-state index in [1.165, 1.54) is 13.2 Å². The molecule has 0 amide bonds. The average molecular weight is 335 g/mol. The van der Waals surface area contributed by atoms with Gasteiger partial charge in [0.05, 0.1) is 12.8 Å². The second-order valence-corrected chi connectivity index (χ2v) is 4.52. The predicted octanol–water partition coefficient (Wildman–Crippen LogP) is 2.98. The van der Waals surface area contributed by atoms with Gasteiger partial charge in [0.2, 0.25) is 0 Å². The van der Waals surface area contributed by atoms with Crippen molar-refractivity contribution in [2.45, 2.75) is 0 Å². The van der Waals surface area contributed by atoms with E-state index in [-0.39, 0.29) is 0 Å². The van der Waals surface area contributed by atoms with E-state index in [9.17, 15) is 4.79 Å². The van der Waals surface area contributed by atoms with Crippen LogP contribution in [-0.2, 0) is 9.53 Å². The Labute approximate surface area is 105 Å². The number of rotatable bonds is 2. The van der Waals surface area contributed by atoms with Crippen molar-refractivity contribution in [2.24, 2.45) is 0 Å². The predicted molar refractivity (Wildman–Crippen MR) is 67.3 cm³/mol. The van der Waals surface area contributed by atoms with Crippen molar-refractivity contribution in [1.29, 1.82) is 0 Å². The molecule has 1 aromatic carbocycles. The molecule has 0 spiro atoms. The molecule has 0 aliphatic heterocycles. The van der Waals surface area contributed by atoms with Crippen molar-refractivity contribution < 1.29 is 9.53 Å². The van der Waals surface area contributed by atoms with Crippen LogP contribution < -0.4 is 5.73 Å². The number of hydrogen-bond donors (Lipinski definition) is 1. The van der Waals surface area contributed by atoms with Crippen LogP contribution in [0.2, 0.25) is 0 Å². The summed E-state index contributed by atoms with van der Waals surface area (Å²) >= 11 is 6.65. The van der Waals surface area contributed by atoms with E-state index in [1.54, 1.807) is 6.08 Å². The highest BCUT2D eigenvalue weighted by atomic mass is 79.9. The molecular formula is C10H9Br2NO2. The van der Waals surface area contributed by atoms with Crippen molar-refractivity contribution in [3.8, 4) is 0 Å². The quantitative estimate of drug-likeness (QED) is 0.514. The Morgan fingerprint density at radius 3 is 2.73 bits per heavy atom. The summed E-state index contributed by atoms with van der Waals surface area (Å²) < 4.78 is 6.14. The Hall–Kier alpha value is -0.810. The van der Waals surface area contributed by atoms with E-state index in [4.69, 9.17) is 5.73 Å². The van der Waals surface area contributed by atoms with Gasteiger partial charge in [-0.1, -0.05) is 15.9 Å². The molecule has 3 nitrogen and oxygen atoms in total. The van der Waals surface area contributed by atoms with Gasteiger partial charge in [-0.05, 0) is 39.7 Å². The molecule has 1 aromatic rings. The van der Waals surface area contributed by atoms with Crippen LogP contribution in [0.5, 0.6) is 0 Å². The second-order valence-electron chi connectivity index (χ2n) is 2.75. The summed E-state index contributed by atoms with van der Waals surface area (Å²) in [5, 5.41) is 0. The lowest BCUT2D eigenvalue weighted by Crippen LogP contribution is -1.95. The normalized spacial score (nSPS) is 10.6. The zero-order valence-corrected chi connectivity index (χ0v) is 11.1. The first-order valence-corrected chi connectivity index (χ1v) is 5.63. The lowest BCUT2D eigenvalue weighted by molar-refractivity contribution is -0.134. The lowest BCUT2D eigenvalue weighted by atomic mass is 10.1. The van der Waals surface area contributed by atoms with Gasteiger partial charge in [-0.25, -0.2) is 4.79 Å². The summed E-state index contributed by atoms with van der Waals surface area (Å²) in [6.07, 6.45) is 2.93. The highest BCUT2D eigenvalue weighted by Gasteiger charge is 2.03. The highest BCUT2D eigenvalue weighted by molar-refractivity contribution is 9.11. The monoisotopic (exact) mass is 333 g/mol. The molecule has 5 heteroatoms. The number of carbonyl (C=O) groups excluding carboxylic acids is 1. The van der Waals surface area contributed by atoms with Crippen molar-refractivity contribution in [3.63, 3.8) is 0 Å². The molecule has 0 bridgehead atoms. The van der Waals surface area contributed by atoms with Crippen molar-refractivity contribution >= 4 is 49.6 Å². The first kappa shape index (κ1) is 12.3. The molecule has 1 rings (SSSR count). The molecule has 15 heavy (non-hydrogen) atoms. The maximum Gasteiger partial charge on any atom is 0.330 e. The first-order chi connectivity index (χ1) is 7.04. The van der Waals surface area contributed by atoms with E-state index < -0.39 is 5.97 Å². The first-order valence-electron chi connectivity index (χ1n) is 4.05. The molecule has 0 unspecified atom stereocenters. The van der Waals surface area contributed by atoms with Gasteiger partial charge in [0, 0.05) is 15.0 Å². The van der Waals surface area contributed by atoms with Crippen molar-refractivity contribution in [2.75, 3.05) is 12.8 Å².